The van der Waals surface area contributed by atoms with Gasteiger partial charge in [-0.1, -0.05) is 112 Å². The van der Waals surface area contributed by atoms with Crippen LogP contribution in [0, 0.1) is 11.3 Å². The molecule has 1 spiro atoms. The first-order valence-corrected chi connectivity index (χ1v) is 18.4. The third-order valence-electron chi connectivity index (χ3n) is 10.9. The van der Waals surface area contributed by atoms with Crippen molar-refractivity contribution in [2.75, 3.05) is 39.3 Å². The van der Waals surface area contributed by atoms with E-state index in [-0.39, 0.29) is 11.3 Å². The number of benzene rings is 4. The molecule has 7 heteroatoms. The first kappa shape index (κ1) is 33.1. The van der Waals surface area contributed by atoms with Crippen LogP contribution < -0.4 is 0 Å². The molecule has 3 heterocycles. The van der Waals surface area contributed by atoms with Crippen LogP contribution >= 0.6 is 27.5 Å². The van der Waals surface area contributed by atoms with E-state index in [1.807, 2.05) is 29.2 Å². The molecule has 248 valence electrons. The van der Waals surface area contributed by atoms with Crippen LogP contribution in [-0.4, -0.2) is 65.8 Å². The second-order valence-corrected chi connectivity index (χ2v) is 15.3. The minimum absolute atomic E-state index is 0.139. The predicted molar refractivity (Wildman–Crippen MR) is 196 cm³/mol. The van der Waals surface area contributed by atoms with Gasteiger partial charge in [0.15, 0.2) is 0 Å². The number of halogens is 2. The number of likely N-dealkylation sites (tertiary alicyclic amines) is 3. The van der Waals surface area contributed by atoms with Crippen LogP contribution in [0.4, 0.5) is 0 Å². The highest BCUT2D eigenvalue weighted by atomic mass is 79.9. The maximum atomic E-state index is 13.9. The Morgan fingerprint density at radius 1 is 0.771 bits per heavy atom. The molecule has 3 aliphatic rings. The molecular weight excluding hydrogens is 682 g/mol. The summed E-state index contributed by atoms with van der Waals surface area (Å²) in [5.74, 6) is 1.11. The highest BCUT2D eigenvalue weighted by Crippen LogP contribution is 2.43. The molecule has 4 aromatic carbocycles. The monoisotopic (exact) mass is 723 g/mol. The molecule has 7 rings (SSSR count). The predicted octanol–water partition coefficient (Wildman–Crippen LogP) is 7.99. The summed E-state index contributed by atoms with van der Waals surface area (Å²) in [6, 6.07) is 35.5. The molecule has 2 atom stereocenters. The maximum Gasteiger partial charge on any atom is 0.229 e. The standard InChI is InChI=1S/C41H43BrClN3O2/c42-36-16-14-31(15-17-36)24-30-10-12-32(13-11-30)26-45-23-20-41(40(45)48)18-21-44(22-19-41)27-35-28-46(29-37(35)33-6-2-1-3-7-33)39(47)25-34-8-4-5-9-38(34)43/h1-17,35,37H,18-29H2/t35-,37+/m0/s1. The average molecular weight is 725 g/mol. The summed E-state index contributed by atoms with van der Waals surface area (Å²) in [6.45, 7) is 5.79. The van der Waals surface area contributed by atoms with Crippen LogP contribution in [0.2, 0.25) is 5.02 Å². The van der Waals surface area contributed by atoms with Gasteiger partial charge in [-0.2, -0.15) is 0 Å². The van der Waals surface area contributed by atoms with Gasteiger partial charge in [-0.15, -0.1) is 0 Å². The van der Waals surface area contributed by atoms with E-state index in [4.69, 9.17) is 11.6 Å². The quantitative estimate of drug-likeness (QED) is 0.176. The second-order valence-electron chi connectivity index (χ2n) is 14.0. The number of rotatable bonds is 9. The number of hydrogen-bond acceptors (Lipinski definition) is 3. The van der Waals surface area contributed by atoms with Crippen LogP contribution in [0.5, 0.6) is 0 Å². The van der Waals surface area contributed by atoms with Gasteiger partial charge in [-0.25, -0.2) is 0 Å². The Bertz CT molecular complexity index is 1720. The maximum absolute atomic E-state index is 13.9. The van der Waals surface area contributed by atoms with Crippen LogP contribution in [-0.2, 0) is 29.0 Å². The fourth-order valence-corrected chi connectivity index (χ4v) is 8.54. The third kappa shape index (κ3) is 7.41. The zero-order valence-electron chi connectivity index (χ0n) is 27.4. The lowest BCUT2D eigenvalue weighted by molar-refractivity contribution is -0.139. The van der Waals surface area contributed by atoms with Crippen molar-refractivity contribution in [2.24, 2.45) is 11.3 Å². The van der Waals surface area contributed by atoms with Crippen molar-refractivity contribution in [3.05, 3.63) is 140 Å². The van der Waals surface area contributed by atoms with Crippen molar-refractivity contribution in [3.63, 3.8) is 0 Å². The number of hydrogen-bond donors (Lipinski definition) is 0. The Morgan fingerprint density at radius 3 is 2.10 bits per heavy atom. The van der Waals surface area contributed by atoms with Crippen LogP contribution in [0.15, 0.2) is 108 Å². The van der Waals surface area contributed by atoms with Gasteiger partial charge < -0.3 is 14.7 Å². The van der Waals surface area contributed by atoms with Gasteiger partial charge in [-0.3, -0.25) is 9.59 Å². The second kappa shape index (κ2) is 14.6. The number of nitrogens with zero attached hydrogens (tertiary/aromatic N) is 3. The normalized spacial score (nSPS) is 20.9. The molecule has 0 bridgehead atoms. The van der Waals surface area contributed by atoms with E-state index < -0.39 is 0 Å². The van der Waals surface area contributed by atoms with Gasteiger partial charge in [0.25, 0.3) is 0 Å². The van der Waals surface area contributed by atoms with E-state index in [9.17, 15) is 9.59 Å². The number of amides is 2. The van der Waals surface area contributed by atoms with Crippen molar-refractivity contribution in [2.45, 2.75) is 44.6 Å². The van der Waals surface area contributed by atoms with Crippen molar-refractivity contribution in [1.82, 2.24) is 14.7 Å². The lowest BCUT2D eigenvalue weighted by Gasteiger charge is -2.39. The molecule has 0 N–H and O–H groups in total. The van der Waals surface area contributed by atoms with Crippen molar-refractivity contribution in [1.29, 1.82) is 0 Å². The summed E-state index contributed by atoms with van der Waals surface area (Å²) in [6.07, 6.45) is 3.99. The molecule has 0 radical (unpaired) electrons. The number of carbonyl (C=O) groups is 2. The smallest absolute Gasteiger partial charge is 0.229 e. The topological polar surface area (TPSA) is 43.9 Å². The SMILES string of the molecule is O=C(Cc1ccccc1Cl)N1C[C@H](CN2CCC3(CC2)CCN(Cc2ccc(Cc4ccc(Br)cc4)cc2)C3=O)[C@@H](c2ccccc2)C1. The minimum Gasteiger partial charge on any atom is -0.341 e. The molecule has 0 saturated carbocycles. The first-order chi connectivity index (χ1) is 23.3. The Kier molecular flexibility index (Phi) is 10.0. The van der Waals surface area contributed by atoms with Crippen LogP contribution in [0.3, 0.4) is 0 Å². The Labute approximate surface area is 298 Å². The fourth-order valence-electron chi connectivity index (χ4n) is 8.08. The molecule has 0 unspecified atom stereocenters. The van der Waals surface area contributed by atoms with Gasteiger partial charge in [0, 0.05) is 48.1 Å². The highest BCUT2D eigenvalue weighted by Gasteiger charge is 2.48. The molecule has 0 aliphatic carbocycles. The van der Waals surface area contributed by atoms with Crippen LogP contribution in [0.25, 0.3) is 0 Å². The molecule has 2 amide bonds. The van der Waals surface area contributed by atoms with Crippen molar-refractivity contribution >= 4 is 39.3 Å². The molecule has 3 aliphatic heterocycles. The molecule has 48 heavy (non-hydrogen) atoms. The molecule has 4 aromatic rings. The highest BCUT2D eigenvalue weighted by molar-refractivity contribution is 9.10. The van der Waals surface area contributed by atoms with Crippen LogP contribution in [0.1, 0.15) is 53.0 Å². The summed E-state index contributed by atoms with van der Waals surface area (Å²) in [5, 5.41) is 0.647. The summed E-state index contributed by atoms with van der Waals surface area (Å²) in [5.41, 5.74) is 5.71. The molecule has 3 fully saturated rings. The Balaban J connectivity index is 0.944. The van der Waals surface area contributed by atoms with Gasteiger partial charge in [0.05, 0.1) is 11.8 Å². The van der Waals surface area contributed by atoms with Crippen molar-refractivity contribution in [3.8, 4) is 0 Å². The van der Waals surface area contributed by atoms with E-state index in [2.05, 4.69) is 105 Å². The van der Waals surface area contributed by atoms with Gasteiger partial charge in [-0.05, 0) is 90.7 Å². The van der Waals surface area contributed by atoms with Gasteiger partial charge >= 0.3 is 0 Å². The average Bonchev–Trinajstić information content (AvgIpc) is 3.66. The Hall–Kier alpha value is -3.45. The van der Waals surface area contributed by atoms with Gasteiger partial charge in [0.1, 0.15) is 0 Å². The third-order valence-corrected chi connectivity index (χ3v) is 11.8. The van der Waals surface area contributed by atoms with Crippen molar-refractivity contribution < 1.29 is 9.59 Å². The zero-order valence-corrected chi connectivity index (χ0v) is 29.7. The minimum atomic E-state index is -0.233. The first-order valence-electron chi connectivity index (χ1n) is 17.3. The zero-order chi connectivity index (χ0) is 33.1. The molecule has 3 saturated heterocycles. The summed E-state index contributed by atoms with van der Waals surface area (Å²) >= 11 is 9.91. The van der Waals surface area contributed by atoms with E-state index in [1.54, 1.807) is 0 Å². The van der Waals surface area contributed by atoms with E-state index in [0.717, 1.165) is 75.0 Å². The van der Waals surface area contributed by atoms with E-state index in [1.165, 1.54) is 22.3 Å². The van der Waals surface area contributed by atoms with E-state index in [0.29, 0.717) is 35.7 Å². The lowest BCUT2D eigenvalue weighted by atomic mass is 9.76. The molecule has 0 aromatic heterocycles. The summed E-state index contributed by atoms with van der Waals surface area (Å²) in [7, 11) is 0. The lowest BCUT2D eigenvalue weighted by Crippen LogP contribution is -2.46. The number of carbonyl (C=O) groups excluding carboxylic acids is 2. The van der Waals surface area contributed by atoms with E-state index >= 15 is 0 Å². The summed E-state index contributed by atoms with van der Waals surface area (Å²) < 4.78 is 1.09. The summed E-state index contributed by atoms with van der Waals surface area (Å²) in [4.78, 5) is 34.0. The Morgan fingerprint density at radius 2 is 1.40 bits per heavy atom. The molecular formula is C41H43BrClN3O2. The largest absolute Gasteiger partial charge is 0.341 e. The van der Waals surface area contributed by atoms with Gasteiger partial charge in [0.2, 0.25) is 11.8 Å². The molecule has 5 nitrogen and oxygen atoms in total. The number of piperidine rings is 1. The fraction of sp³-hybridized carbons (Fsp3) is 0.366.